The molecule has 3 nitrogen and oxygen atoms in total. The Morgan fingerprint density at radius 2 is 1.90 bits per heavy atom. The quantitative estimate of drug-likeness (QED) is 0.910. The van der Waals surface area contributed by atoms with Gasteiger partial charge in [-0.15, -0.1) is 0 Å². The lowest BCUT2D eigenvalue weighted by molar-refractivity contribution is 0.340. The summed E-state index contributed by atoms with van der Waals surface area (Å²) in [5.41, 5.74) is 8.52. The van der Waals surface area contributed by atoms with Crippen molar-refractivity contribution in [3.63, 3.8) is 0 Å². The summed E-state index contributed by atoms with van der Waals surface area (Å²) in [7, 11) is 3.91. The zero-order chi connectivity index (χ0) is 14.7. The molecule has 20 heavy (non-hydrogen) atoms. The average Bonchev–Trinajstić information content (AvgIpc) is 2.46. The van der Waals surface area contributed by atoms with Gasteiger partial charge in [0.05, 0.1) is 7.11 Å². The number of ether oxygens (including phenoxy) is 1. The van der Waals surface area contributed by atoms with Gasteiger partial charge in [-0.1, -0.05) is 13.0 Å². The van der Waals surface area contributed by atoms with E-state index < -0.39 is 0 Å². The highest BCUT2D eigenvalue weighted by Gasteiger charge is 2.25. The van der Waals surface area contributed by atoms with Crippen LogP contribution >= 0.6 is 0 Å². The topological polar surface area (TPSA) is 38.5 Å². The lowest BCUT2D eigenvalue weighted by atomic mass is 9.86. The molecule has 112 valence electrons. The minimum absolute atomic E-state index is 0.0221. The van der Waals surface area contributed by atoms with Crippen LogP contribution in [-0.4, -0.2) is 20.2 Å². The Hall–Kier alpha value is -1.22. The number of anilines is 1. The molecule has 0 bridgehead atoms. The van der Waals surface area contributed by atoms with E-state index in [0.717, 1.165) is 17.2 Å². The fourth-order valence-electron chi connectivity index (χ4n) is 3.30. The van der Waals surface area contributed by atoms with Crippen LogP contribution in [0.15, 0.2) is 18.2 Å². The molecule has 0 radical (unpaired) electrons. The van der Waals surface area contributed by atoms with Gasteiger partial charge in [-0.2, -0.15) is 0 Å². The molecule has 1 aliphatic carbocycles. The van der Waals surface area contributed by atoms with Gasteiger partial charge in [-0.3, -0.25) is 0 Å². The van der Waals surface area contributed by atoms with Crippen molar-refractivity contribution in [3.8, 4) is 5.75 Å². The van der Waals surface area contributed by atoms with E-state index in [0.29, 0.717) is 6.04 Å². The second-order valence-corrected chi connectivity index (χ2v) is 6.21. The fraction of sp³-hybridized carbons (Fsp3) is 0.647. The van der Waals surface area contributed by atoms with E-state index in [1.165, 1.54) is 31.4 Å². The molecule has 0 aromatic heterocycles. The maximum Gasteiger partial charge on any atom is 0.125 e. The van der Waals surface area contributed by atoms with Crippen LogP contribution in [0, 0.1) is 5.92 Å². The van der Waals surface area contributed by atoms with Gasteiger partial charge in [0.2, 0.25) is 0 Å². The highest BCUT2D eigenvalue weighted by Crippen LogP contribution is 2.36. The van der Waals surface area contributed by atoms with Crippen LogP contribution in [0.4, 0.5) is 5.69 Å². The first-order chi connectivity index (χ1) is 9.54. The third-order valence-electron chi connectivity index (χ3n) is 4.63. The maximum absolute atomic E-state index is 6.17. The average molecular weight is 276 g/mol. The normalized spacial score (nSPS) is 24.2. The van der Waals surface area contributed by atoms with Gasteiger partial charge in [0.1, 0.15) is 5.75 Å². The van der Waals surface area contributed by atoms with Crippen LogP contribution in [-0.2, 0) is 0 Å². The Labute approximate surface area is 123 Å². The number of nitrogens with zero attached hydrogens (tertiary/aromatic N) is 1. The Morgan fingerprint density at radius 3 is 2.45 bits per heavy atom. The molecule has 2 N–H and O–H groups in total. The first-order valence-corrected chi connectivity index (χ1v) is 7.70. The van der Waals surface area contributed by atoms with Crippen LogP contribution in [0.3, 0.4) is 0 Å². The van der Waals surface area contributed by atoms with E-state index in [9.17, 15) is 0 Å². The summed E-state index contributed by atoms with van der Waals surface area (Å²) in [6.45, 7) is 4.38. The SMILES string of the molecule is COc1cccc(N(C)C2CCC(C)CC2)c1[C@H](C)N. The molecule has 0 saturated heterocycles. The highest BCUT2D eigenvalue weighted by atomic mass is 16.5. The molecule has 0 amide bonds. The first-order valence-electron chi connectivity index (χ1n) is 7.70. The summed E-state index contributed by atoms with van der Waals surface area (Å²) in [4.78, 5) is 2.41. The zero-order valence-electron chi connectivity index (χ0n) is 13.2. The molecule has 1 aliphatic rings. The minimum Gasteiger partial charge on any atom is -0.496 e. The van der Waals surface area contributed by atoms with Crippen LogP contribution in [0.5, 0.6) is 5.75 Å². The summed E-state index contributed by atoms with van der Waals surface area (Å²) in [6, 6.07) is 6.82. The Morgan fingerprint density at radius 1 is 1.25 bits per heavy atom. The van der Waals surface area contributed by atoms with Crippen LogP contribution < -0.4 is 15.4 Å². The monoisotopic (exact) mass is 276 g/mol. The van der Waals surface area contributed by atoms with Crippen molar-refractivity contribution in [1.29, 1.82) is 0 Å². The molecular formula is C17H28N2O. The Kier molecular flexibility index (Phi) is 4.92. The van der Waals surface area contributed by atoms with Crippen molar-refractivity contribution in [2.24, 2.45) is 11.7 Å². The van der Waals surface area contributed by atoms with Gasteiger partial charge in [-0.05, 0) is 50.7 Å². The first kappa shape index (κ1) is 15.2. The molecule has 0 heterocycles. The van der Waals surface area contributed by atoms with E-state index in [4.69, 9.17) is 10.5 Å². The molecular weight excluding hydrogens is 248 g/mol. The predicted molar refractivity (Wildman–Crippen MR) is 85.4 cm³/mol. The van der Waals surface area contributed by atoms with E-state index in [1.807, 2.05) is 13.0 Å². The molecule has 1 fully saturated rings. The zero-order valence-corrected chi connectivity index (χ0v) is 13.2. The van der Waals surface area contributed by atoms with Crippen molar-refractivity contribution >= 4 is 5.69 Å². The fourth-order valence-corrected chi connectivity index (χ4v) is 3.30. The summed E-state index contributed by atoms with van der Waals surface area (Å²) >= 11 is 0. The van der Waals surface area contributed by atoms with E-state index in [2.05, 4.69) is 31.0 Å². The van der Waals surface area contributed by atoms with Gasteiger partial charge >= 0.3 is 0 Å². The number of hydrogen-bond acceptors (Lipinski definition) is 3. The third kappa shape index (κ3) is 3.09. The molecule has 0 unspecified atom stereocenters. The van der Waals surface area contributed by atoms with Crippen LogP contribution in [0.1, 0.15) is 51.1 Å². The smallest absolute Gasteiger partial charge is 0.125 e. The molecule has 1 aromatic carbocycles. The highest BCUT2D eigenvalue weighted by molar-refractivity contribution is 5.61. The second-order valence-electron chi connectivity index (χ2n) is 6.21. The lowest BCUT2D eigenvalue weighted by Crippen LogP contribution is -2.35. The van der Waals surface area contributed by atoms with Crippen molar-refractivity contribution in [1.82, 2.24) is 0 Å². The summed E-state index contributed by atoms with van der Waals surface area (Å²) < 4.78 is 5.50. The molecule has 1 atom stereocenters. The van der Waals surface area contributed by atoms with E-state index in [1.54, 1.807) is 7.11 Å². The maximum atomic E-state index is 6.17. The van der Waals surface area contributed by atoms with Crippen molar-refractivity contribution in [2.45, 2.75) is 51.6 Å². The van der Waals surface area contributed by atoms with Gasteiger partial charge in [0.15, 0.2) is 0 Å². The van der Waals surface area contributed by atoms with Crippen molar-refractivity contribution in [3.05, 3.63) is 23.8 Å². The lowest BCUT2D eigenvalue weighted by Gasteiger charge is -2.36. The van der Waals surface area contributed by atoms with Gasteiger partial charge in [-0.25, -0.2) is 0 Å². The number of methoxy groups -OCH3 is 1. The molecule has 2 rings (SSSR count). The van der Waals surface area contributed by atoms with E-state index >= 15 is 0 Å². The number of benzene rings is 1. The largest absolute Gasteiger partial charge is 0.496 e. The molecule has 1 aromatic rings. The van der Waals surface area contributed by atoms with Gasteiger partial charge in [0, 0.05) is 30.4 Å². The van der Waals surface area contributed by atoms with E-state index in [-0.39, 0.29) is 6.04 Å². The number of hydrogen-bond donors (Lipinski definition) is 1. The molecule has 3 heteroatoms. The summed E-state index contributed by atoms with van der Waals surface area (Å²) in [5.74, 6) is 1.77. The van der Waals surface area contributed by atoms with Crippen molar-refractivity contribution in [2.75, 3.05) is 19.1 Å². The number of rotatable bonds is 4. The van der Waals surface area contributed by atoms with Gasteiger partial charge < -0.3 is 15.4 Å². The van der Waals surface area contributed by atoms with Crippen LogP contribution in [0.2, 0.25) is 0 Å². The number of nitrogens with two attached hydrogens (primary N) is 1. The predicted octanol–water partition coefficient (Wildman–Crippen LogP) is 3.73. The van der Waals surface area contributed by atoms with Crippen molar-refractivity contribution < 1.29 is 4.74 Å². The Balaban J connectivity index is 2.27. The molecule has 0 aliphatic heterocycles. The third-order valence-corrected chi connectivity index (χ3v) is 4.63. The summed E-state index contributed by atoms with van der Waals surface area (Å²) in [5, 5.41) is 0. The summed E-state index contributed by atoms with van der Waals surface area (Å²) in [6.07, 6.45) is 5.19. The Bertz CT molecular complexity index is 437. The second kappa shape index (κ2) is 6.49. The molecule has 1 saturated carbocycles. The van der Waals surface area contributed by atoms with Gasteiger partial charge in [0.25, 0.3) is 0 Å². The minimum atomic E-state index is -0.0221. The van der Waals surface area contributed by atoms with Crippen LogP contribution in [0.25, 0.3) is 0 Å². The molecule has 0 spiro atoms. The standard InChI is InChI=1S/C17H28N2O/c1-12-8-10-14(11-9-12)19(3)15-6-5-7-16(20-4)17(15)13(2)18/h5-7,12-14H,8-11,18H2,1-4H3/t12?,13-,14?/m0/s1.